The van der Waals surface area contributed by atoms with Crippen LogP contribution in [0.3, 0.4) is 0 Å². The maximum Gasteiger partial charge on any atom is 0.252 e. The molecule has 1 atom stereocenters. The minimum absolute atomic E-state index is 0.347. The van der Waals surface area contributed by atoms with Crippen LogP contribution in [0, 0.1) is 0 Å². The van der Waals surface area contributed by atoms with Gasteiger partial charge < -0.3 is 10.1 Å². The van der Waals surface area contributed by atoms with Crippen molar-refractivity contribution in [2.24, 2.45) is 0 Å². The monoisotopic (exact) mass is 370 g/mol. The molecule has 1 aliphatic rings. The molecular formula is C13H14Cl4N2O2. The molecule has 0 aromatic heterocycles. The zero-order valence-corrected chi connectivity index (χ0v) is 14.0. The molecule has 21 heavy (non-hydrogen) atoms. The summed E-state index contributed by atoms with van der Waals surface area (Å²) in [5, 5.41) is 3.22. The number of morpholine rings is 1. The van der Waals surface area contributed by atoms with Crippen LogP contribution >= 0.6 is 46.4 Å². The quantitative estimate of drug-likeness (QED) is 0.830. The third-order valence-electron chi connectivity index (χ3n) is 3.08. The van der Waals surface area contributed by atoms with Crippen LogP contribution in [0.5, 0.6) is 0 Å². The lowest BCUT2D eigenvalue weighted by Gasteiger charge is -2.38. The molecular weight excluding hydrogens is 358 g/mol. The maximum atomic E-state index is 12.3. The van der Waals surface area contributed by atoms with Crippen molar-refractivity contribution in [1.29, 1.82) is 0 Å². The third kappa shape index (κ3) is 4.88. The second kappa shape index (κ2) is 7.36. The van der Waals surface area contributed by atoms with E-state index >= 15 is 0 Å². The minimum Gasteiger partial charge on any atom is -0.379 e. The summed E-state index contributed by atoms with van der Waals surface area (Å²) in [4.78, 5) is 14.2. The van der Waals surface area contributed by atoms with E-state index in [2.05, 4.69) is 5.32 Å². The van der Waals surface area contributed by atoms with Gasteiger partial charge in [-0.05, 0) is 18.2 Å². The first kappa shape index (κ1) is 17.1. The molecule has 0 bridgehead atoms. The van der Waals surface area contributed by atoms with Crippen LogP contribution in [0.15, 0.2) is 24.3 Å². The second-order valence-electron chi connectivity index (χ2n) is 4.58. The largest absolute Gasteiger partial charge is 0.379 e. The first-order chi connectivity index (χ1) is 9.88. The summed E-state index contributed by atoms with van der Waals surface area (Å²) in [7, 11) is 0. The number of hydrogen-bond acceptors (Lipinski definition) is 3. The van der Waals surface area contributed by atoms with Crippen LogP contribution in [0.1, 0.15) is 10.4 Å². The highest BCUT2D eigenvalue weighted by molar-refractivity contribution is 6.68. The number of nitrogens with one attached hydrogen (secondary N) is 1. The maximum absolute atomic E-state index is 12.3. The lowest BCUT2D eigenvalue weighted by Crippen LogP contribution is -2.58. The highest BCUT2D eigenvalue weighted by Gasteiger charge is 2.39. The number of carbonyl (C=O) groups excluding carboxylic acids is 1. The van der Waals surface area contributed by atoms with Gasteiger partial charge in [-0.3, -0.25) is 9.69 Å². The van der Waals surface area contributed by atoms with Crippen LogP contribution in [-0.4, -0.2) is 47.1 Å². The van der Waals surface area contributed by atoms with Gasteiger partial charge in [0.05, 0.1) is 13.2 Å². The van der Waals surface area contributed by atoms with Gasteiger partial charge in [-0.1, -0.05) is 52.5 Å². The molecule has 1 N–H and O–H groups in total. The number of carbonyl (C=O) groups is 1. The Morgan fingerprint density at radius 2 is 1.95 bits per heavy atom. The van der Waals surface area contributed by atoms with Gasteiger partial charge in [0.25, 0.3) is 5.91 Å². The number of rotatable bonds is 3. The molecule has 1 fully saturated rings. The van der Waals surface area contributed by atoms with E-state index in [0.29, 0.717) is 36.9 Å². The molecule has 1 saturated heterocycles. The highest BCUT2D eigenvalue weighted by Crippen LogP contribution is 2.32. The Labute approximate surface area is 143 Å². The van der Waals surface area contributed by atoms with Crippen LogP contribution in [-0.2, 0) is 4.74 Å². The van der Waals surface area contributed by atoms with Crippen molar-refractivity contribution in [3.63, 3.8) is 0 Å². The Kier molecular flexibility index (Phi) is 6.00. The van der Waals surface area contributed by atoms with E-state index < -0.39 is 9.96 Å². The van der Waals surface area contributed by atoms with Gasteiger partial charge in [-0.25, -0.2) is 0 Å². The first-order valence-corrected chi connectivity index (χ1v) is 7.84. The summed E-state index contributed by atoms with van der Waals surface area (Å²) >= 11 is 23.9. The summed E-state index contributed by atoms with van der Waals surface area (Å²) in [5.74, 6) is -0.347. The summed E-state index contributed by atoms with van der Waals surface area (Å²) < 4.78 is 3.62. The molecule has 116 valence electrons. The van der Waals surface area contributed by atoms with Crippen molar-refractivity contribution in [2.75, 3.05) is 26.3 Å². The molecule has 0 aliphatic carbocycles. The molecule has 8 heteroatoms. The first-order valence-electron chi connectivity index (χ1n) is 6.33. The molecule has 0 saturated carbocycles. The fraction of sp³-hybridized carbons (Fsp3) is 0.462. The Hall–Kier alpha value is -0.230. The van der Waals surface area contributed by atoms with Crippen molar-refractivity contribution < 1.29 is 9.53 Å². The molecule has 1 amide bonds. The van der Waals surface area contributed by atoms with Crippen molar-refractivity contribution in [2.45, 2.75) is 9.96 Å². The molecule has 1 aliphatic heterocycles. The predicted octanol–water partition coefficient (Wildman–Crippen LogP) is 3.10. The van der Waals surface area contributed by atoms with Crippen LogP contribution in [0.25, 0.3) is 0 Å². The number of amides is 1. The van der Waals surface area contributed by atoms with Crippen molar-refractivity contribution in [3.8, 4) is 0 Å². The van der Waals surface area contributed by atoms with Gasteiger partial charge in [0.1, 0.15) is 6.17 Å². The van der Waals surface area contributed by atoms with E-state index in [1.165, 1.54) is 0 Å². The van der Waals surface area contributed by atoms with E-state index in [-0.39, 0.29) is 5.91 Å². The highest BCUT2D eigenvalue weighted by atomic mass is 35.6. The van der Waals surface area contributed by atoms with E-state index in [1.807, 2.05) is 4.90 Å². The van der Waals surface area contributed by atoms with Crippen molar-refractivity contribution in [3.05, 3.63) is 34.9 Å². The normalized spacial score (nSPS) is 18.3. The molecule has 0 unspecified atom stereocenters. The Morgan fingerprint density at radius 3 is 2.52 bits per heavy atom. The number of ether oxygens (including phenoxy) is 1. The number of nitrogens with zero attached hydrogens (tertiary/aromatic N) is 1. The smallest absolute Gasteiger partial charge is 0.252 e. The van der Waals surface area contributed by atoms with Crippen molar-refractivity contribution >= 4 is 52.3 Å². The number of hydrogen-bond donors (Lipinski definition) is 1. The van der Waals surface area contributed by atoms with Crippen LogP contribution in [0.4, 0.5) is 0 Å². The zero-order chi connectivity index (χ0) is 15.5. The molecule has 0 spiro atoms. The predicted molar refractivity (Wildman–Crippen MR) is 85.4 cm³/mol. The standard InChI is InChI=1S/C13H14Cl4N2O2/c14-10-3-1-2-9(8-10)11(20)18-12(13(15,16)17)19-4-6-21-7-5-19/h1-3,8,12H,4-7H2,(H,18,20)/t12-/m1/s1. The van der Waals surface area contributed by atoms with E-state index in [4.69, 9.17) is 51.1 Å². The SMILES string of the molecule is O=C(N[C@H](N1CCOCC1)C(Cl)(Cl)Cl)c1cccc(Cl)c1. The lowest BCUT2D eigenvalue weighted by molar-refractivity contribution is 0.00996. The van der Waals surface area contributed by atoms with E-state index in [1.54, 1.807) is 24.3 Å². The summed E-state index contributed by atoms with van der Waals surface area (Å²) in [5.41, 5.74) is 0.412. The fourth-order valence-corrected chi connectivity index (χ4v) is 2.82. The number of alkyl halides is 3. The molecule has 2 rings (SSSR count). The van der Waals surface area contributed by atoms with Gasteiger partial charge in [0, 0.05) is 23.7 Å². The summed E-state index contributed by atoms with van der Waals surface area (Å²) in [6, 6.07) is 6.59. The van der Waals surface area contributed by atoms with Crippen LogP contribution < -0.4 is 5.32 Å². The Morgan fingerprint density at radius 1 is 1.29 bits per heavy atom. The zero-order valence-electron chi connectivity index (χ0n) is 11.0. The summed E-state index contributed by atoms with van der Waals surface area (Å²) in [6.07, 6.45) is -0.738. The van der Waals surface area contributed by atoms with Gasteiger partial charge in [0.2, 0.25) is 3.79 Å². The van der Waals surface area contributed by atoms with Gasteiger partial charge in [0.15, 0.2) is 0 Å². The number of benzene rings is 1. The molecule has 1 aromatic carbocycles. The van der Waals surface area contributed by atoms with Crippen molar-refractivity contribution in [1.82, 2.24) is 10.2 Å². The molecule has 4 nitrogen and oxygen atoms in total. The van der Waals surface area contributed by atoms with E-state index in [0.717, 1.165) is 0 Å². The van der Waals surface area contributed by atoms with Gasteiger partial charge >= 0.3 is 0 Å². The fourth-order valence-electron chi connectivity index (χ4n) is 2.05. The summed E-state index contributed by atoms with van der Waals surface area (Å²) in [6.45, 7) is 2.22. The molecule has 1 aromatic rings. The van der Waals surface area contributed by atoms with Gasteiger partial charge in [-0.15, -0.1) is 0 Å². The topological polar surface area (TPSA) is 41.6 Å². The number of halogens is 4. The minimum atomic E-state index is -1.65. The third-order valence-corrected chi connectivity index (χ3v) is 3.93. The second-order valence-corrected chi connectivity index (χ2v) is 7.38. The average molecular weight is 372 g/mol. The Bertz CT molecular complexity index is 501. The van der Waals surface area contributed by atoms with E-state index in [9.17, 15) is 4.79 Å². The van der Waals surface area contributed by atoms with Crippen LogP contribution in [0.2, 0.25) is 5.02 Å². The molecule has 1 heterocycles. The van der Waals surface area contributed by atoms with Gasteiger partial charge in [-0.2, -0.15) is 0 Å². The average Bonchev–Trinajstić information content (AvgIpc) is 2.44. The molecule has 0 radical (unpaired) electrons. The lowest BCUT2D eigenvalue weighted by atomic mass is 10.2. The Balaban J connectivity index is 2.13.